The maximum Gasteiger partial charge on any atom is 0.230 e. The summed E-state index contributed by atoms with van der Waals surface area (Å²) in [7, 11) is 0. The highest BCUT2D eigenvalue weighted by Crippen LogP contribution is 2.21. The average molecular weight is 339 g/mol. The number of aromatic nitrogens is 2. The van der Waals surface area contributed by atoms with Crippen molar-refractivity contribution in [3.05, 3.63) is 42.7 Å². The van der Waals surface area contributed by atoms with Crippen LogP contribution in [0.3, 0.4) is 0 Å². The molecule has 0 aliphatic carbocycles. The summed E-state index contributed by atoms with van der Waals surface area (Å²) in [4.78, 5) is 25.4. The van der Waals surface area contributed by atoms with Gasteiger partial charge in [0.15, 0.2) is 0 Å². The second kappa shape index (κ2) is 7.09. The molecule has 1 N–H and O–H groups in total. The van der Waals surface area contributed by atoms with Crippen LogP contribution in [0.1, 0.15) is 20.8 Å². The molecule has 3 rings (SSSR count). The van der Waals surface area contributed by atoms with Gasteiger partial charge in [-0.25, -0.2) is 9.97 Å². The molecular weight excluding hydrogens is 314 g/mol. The Balaban J connectivity index is 1.58. The van der Waals surface area contributed by atoms with Gasteiger partial charge >= 0.3 is 0 Å². The van der Waals surface area contributed by atoms with Gasteiger partial charge in [0.1, 0.15) is 11.6 Å². The van der Waals surface area contributed by atoms with Crippen molar-refractivity contribution < 1.29 is 4.79 Å². The number of piperazine rings is 1. The fraction of sp³-hybridized carbons (Fsp3) is 0.421. The molecule has 0 unspecified atom stereocenters. The smallest absolute Gasteiger partial charge is 0.230 e. The number of pyridine rings is 2. The third kappa shape index (κ3) is 4.26. The zero-order valence-electron chi connectivity index (χ0n) is 15.1. The Morgan fingerprint density at radius 3 is 2.28 bits per heavy atom. The van der Waals surface area contributed by atoms with Crippen molar-refractivity contribution in [1.82, 2.24) is 9.97 Å². The number of hydrogen-bond acceptors (Lipinski definition) is 5. The van der Waals surface area contributed by atoms with Crippen LogP contribution in [0.4, 0.5) is 17.3 Å². The Hall–Kier alpha value is -2.63. The largest absolute Gasteiger partial charge is 0.367 e. The van der Waals surface area contributed by atoms with Crippen LogP contribution in [0.5, 0.6) is 0 Å². The van der Waals surface area contributed by atoms with Crippen molar-refractivity contribution in [3.63, 3.8) is 0 Å². The molecule has 1 amide bonds. The van der Waals surface area contributed by atoms with E-state index in [-0.39, 0.29) is 5.91 Å². The number of anilines is 3. The molecule has 1 fully saturated rings. The topological polar surface area (TPSA) is 61.4 Å². The quantitative estimate of drug-likeness (QED) is 0.932. The Labute approximate surface area is 148 Å². The van der Waals surface area contributed by atoms with E-state index in [0.717, 1.165) is 37.7 Å². The third-order valence-electron chi connectivity index (χ3n) is 4.29. The molecule has 6 heteroatoms. The van der Waals surface area contributed by atoms with Crippen LogP contribution in [0.15, 0.2) is 42.7 Å². The highest BCUT2D eigenvalue weighted by Gasteiger charge is 2.22. The van der Waals surface area contributed by atoms with Crippen molar-refractivity contribution in [2.45, 2.75) is 20.8 Å². The van der Waals surface area contributed by atoms with Gasteiger partial charge in [0.25, 0.3) is 0 Å². The predicted molar refractivity (Wildman–Crippen MR) is 101 cm³/mol. The van der Waals surface area contributed by atoms with Crippen molar-refractivity contribution >= 4 is 23.2 Å². The van der Waals surface area contributed by atoms with Gasteiger partial charge in [0.2, 0.25) is 5.91 Å². The van der Waals surface area contributed by atoms with E-state index in [4.69, 9.17) is 0 Å². The second-order valence-corrected chi connectivity index (χ2v) is 7.27. The lowest BCUT2D eigenvalue weighted by Gasteiger charge is -2.36. The van der Waals surface area contributed by atoms with Gasteiger partial charge in [0.05, 0.1) is 11.9 Å². The zero-order valence-corrected chi connectivity index (χ0v) is 15.1. The molecule has 0 spiro atoms. The summed E-state index contributed by atoms with van der Waals surface area (Å²) in [6, 6.07) is 9.88. The lowest BCUT2D eigenvalue weighted by molar-refractivity contribution is -0.123. The summed E-state index contributed by atoms with van der Waals surface area (Å²) < 4.78 is 0. The highest BCUT2D eigenvalue weighted by atomic mass is 16.2. The molecule has 25 heavy (non-hydrogen) atoms. The number of carbonyl (C=O) groups excluding carboxylic acids is 1. The zero-order chi connectivity index (χ0) is 17.9. The van der Waals surface area contributed by atoms with Crippen LogP contribution in [-0.2, 0) is 4.79 Å². The molecule has 3 heterocycles. The van der Waals surface area contributed by atoms with Gasteiger partial charge in [-0.2, -0.15) is 0 Å². The molecule has 1 saturated heterocycles. The monoisotopic (exact) mass is 339 g/mol. The Bertz CT molecular complexity index is 701. The van der Waals surface area contributed by atoms with E-state index < -0.39 is 5.41 Å². The number of nitrogens with zero attached hydrogens (tertiary/aromatic N) is 4. The van der Waals surface area contributed by atoms with E-state index in [9.17, 15) is 4.79 Å². The molecule has 0 aromatic carbocycles. The van der Waals surface area contributed by atoms with Crippen molar-refractivity contribution in [1.29, 1.82) is 0 Å². The maximum absolute atomic E-state index is 12.0. The minimum atomic E-state index is -0.428. The van der Waals surface area contributed by atoms with Crippen LogP contribution in [0.25, 0.3) is 0 Å². The molecule has 132 valence electrons. The van der Waals surface area contributed by atoms with E-state index in [2.05, 4.69) is 25.1 Å². The van der Waals surface area contributed by atoms with Crippen LogP contribution in [0.2, 0.25) is 0 Å². The van der Waals surface area contributed by atoms with Gasteiger partial charge in [-0.05, 0) is 24.3 Å². The molecule has 1 aliphatic heterocycles. The number of rotatable bonds is 3. The molecule has 6 nitrogen and oxygen atoms in total. The van der Waals surface area contributed by atoms with Crippen LogP contribution >= 0.6 is 0 Å². The summed E-state index contributed by atoms with van der Waals surface area (Å²) in [5.41, 5.74) is 0.650. The van der Waals surface area contributed by atoms with Crippen molar-refractivity contribution in [2.75, 3.05) is 41.3 Å². The van der Waals surface area contributed by atoms with Crippen LogP contribution in [-0.4, -0.2) is 42.1 Å². The molecule has 0 atom stereocenters. The van der Waals surface area contributed by atoms with Gasteiger partial charge in [-0.1, -0.05) is 26.8 Å². The summed E-state index contributed by atoms with van der Waals surface area (Å²) in [5, 5.41) is 2.86. The van der Waals surface area contributed by atoms with E-state index in [1.165, 1.54) is 0 Å². The molecule has 0 saturated carbocycles. The molecule has 2 aromatic heterocycles. The number of carbonyl (C=O) groups is 1. The van der Waals surface area contributed by atoms with Crippen LogP contribution in [0, 0.1) is 5.41 Å². The first-order valence-electron chi connectivity index (χ1n) is 8.62. The van der Waals surface area contributed by atoms with Gasteiger partial charge in [-0.3, -0.25) is 4.79 Å². The van der Waals surface area contributed by atoms with E-state index in [1.54, 1.807) is 0 Å². The minimum absolute atomic E-state index is 0.0308. The van der Waals surface area contributed by atoms with Crippen LogP contribution < -0.4 is 15.1 Å². The second-order valence-electron chi connectivity index (χ2n) is 7.27. The summed E-state index contributed by atoms with van der Waals surface area (Å²) in [6.07, 6.45) is 3.66. The fourth-order valence-corrected chi connectivity index (χ4v) is 2.69. The van der Waals surface area contributed by atoms with Crippen molar-refractivity contribution in [3.8, 4) is 0 Å². The van der Waals surface area contributed by atoms with E-state index in [0.29, 0.717) is 5.82 Å². The van der Waals surface area contributed by atoms with Gasteiger partial charge in [-0.15, -0.1) is 0 Å². The molecule has 0 radical (unpaired) electrons. The maximum atomic E-state index is 12.0. The predicted octanol–water partition coefficient (Wildman–Crippen LogP) is 2.79. The minimum Gasteiger partial charge on any atom is -0.367 e. The average Bonchev–Trinajstić information content (AvgIpc) is 2.62. The standard InChI is InChI=1S/C19H25N5O/c1-19(2,3)18(25)22-16-8-7-15(14-21-16)23-10-12-24(13-11-23)17-6-4-5-9-20-17/h4-9,14H,10-13H2,1-3H3,(H,21,22,25). The molecular formula is C19H25N5O. The summed E-state index contributed by atoms with van der Waals surface area (Å²) in [6.45, 7) is 9.37. The number of nitrogens with one attached hydrogen (secondary N) is 1. The fourth-order valence-electron chi connectivity index (χ4n) is 2.69. The first-order chi connectivity index (χ1) is 11.9. The lowest BCUT2D eigenvalue weighted by Crippen LogP contribution is -2.46. The number of hydrogen-bond donors (Lipinski definition) is 1. The lowest BCUT2D eigenvalue weighted by atomic mass is 9.96. The normalized spacial score (nSPS) is 15.2. The first-order valence-corrected chi connectivity index (χ1v) is 8.62. The van der Waals surface area contributed by atoms with Gasteiger partial charge < -0.3 is 15.1 Å². The Morgan fingerprint density at radius 1 is 1.00 bits per heavy atom. The molecule has 0 bridgehead atoms. The Morgan fingerprint density at radius 2 is 1.72 bits per heavy atom. The van der Waals surface area contributed by atoms with E-state index in [1.807, 2.05) is 63.5 Å². The van der Waals surface area contributed by atoms with Crippen molar-refractivity contribution in [2.24, 2.45) is 5.41 Å². The summed E-state index contributed by atoms with van der Waals surface area (Å²) >= 11 is 0. The SMILES string of the molecule is CC(C)(C)C(=O)Nc1ccc(N2CCN(c3ccccn3)CC2)cn1. The molecule has 1 aliphatic rings. The van der Waals surface area contributed by atoms with Gasteiger partial charge in [0, 0.05) is 37.8 Å². The summed E-state index contributed by atoms with van der Waals surface area (Å²) in [5.74, 6) is 1.59. The Kier molecular flexibility index (Phi) is 4.88. The highest BCUT2D eigenvalue weighted by molar-refractivity contribution is 5.93. The number of amides is 1. The third-order valence-corrected chi connectivity index (χ3v) is 4.29. The molecule has 2 aromatic rings. The van der Waals surface area contributed by atoms with E-state index >= 15 is 0 Å². The first kappa shape index (κ1) is 17.2.